The molecule has 0 saturated carbocycles. The predicted octanol–water partition coefficient (Wildman–Crippen LogP) is 3.63. The molecule has 0 unspecified atom stereocenters. The van der Waals surface area contributed by atoms with Crippen LogP contribution in [0.3, 0.4) is 0 Å². The van der Waals surface area contributed by atoms with E-state index >= 15 is 0 Å². The number of carbonyl (C=O) groups is 3. The second-order valence-electron chi connectivity index (χ2n) is 6.74. The molecule has 1 heterocycles. The Kier molecular flexibility index (Phi) is 6.49. The lowest BCUT2D eigenvalue weighted by Crippen LogP contribution is -2.30. The average molecular weight is 397 g/mol. The average Bonchev–Trinajstić information content (AvgIpc) is 2.97. The highest BCUT2D eigenvalue weighted by Crippen LogP contribution is 2.28. The minimum absolute atomic E-state index is 0.141. The fraction of sp³-hybridized carbons (Fsp3) is 0.318. The van der Waals surface area contributed by atoms with Crippen LogP contribution in [0.15, 0.2) is 42.5 Å². The minimum atomic E-state index is -1.02. The number of ether oxygens (including phenoxy) is 2. The van der Waals surface area contributed by atoms with Crippen molar-refractivity contribution in [2.24, 2.45) is 0 Å². The Morgan fingerprint density at radius 1 is 0.931 bits per heavy atom. The first-order valence-corrected chi connectivity index (χ1v) is 9.52. The second kappa shape index (κ2) is 9.23. The zero-order valence-corrected chi connectivity index (χ0v) is 16.2. The first kappa shape index (κ1) is 20.4. The van der Waals surface area contributed by atoms with Gasteiger partial charge >= 0.3 is 5.97 Å². The molecule has 0 fully saturated rings. The first-order valence-electron chi connectivity index (χ1n) is 9.52. The van der Waals surface area contributed by atoms with E-state index < -0.39 is 5.97 Å². The van der Waals surface area contributed by atoms with Crippen LogP contribution in [0.1, 0.15) is 56.8 Å². The third-order valence-corrected chi connectivity index (χ3v) is 4.82. The van der Waals surface area contributed by atoms with Gasteiger partial charge in [-0.1, -0.05) is 25.0 Å². The topological polar surface area (TPSA) is 93.1 Å². The molecule has 0 atom stereocenters. The van der Waals surface area contributed by atoms with Crippen LogP contribution in [0.5, 0.6) is 11.5 Å². The molecule has 1 aliphatic rings. The molecule has 7 nitrogen and oxygen atoms in total. The van der Waals surface area contributed by atoms with E-state index in [1.807, 2.05) is 0 Å². The number of imide groups is 1. The molecule has 2 aromatic carbocycles. The zero-order valence-electron chi connectivity index (χ0n) is 16.2. The lowest BCUT2D eigenvalue weighted by Gasteiger charge is -2.14. The third kappa shape index (κ3) is 4.56. The highest BCUT2D eigenvalue weighted by atomic mass is 16.5. The van der Waals surface area contributed by atoms with Crippen LogP contribution in [-0.2, 0) is 0 Å². The molecule has 0 aromatic heterocycles. The maximum absolute atomic E-state index is 12.3. The van der Waals surface area contributed by atoms with Gasteiger partial charge in [0.25, 0.3) is 11.8 Å². The fourth-order valence-corrected chi connectivity index (χ4v) is 3.27. The largest absolute Gasteiger partial charge is 0.493 e. The Hall–Kier alpha value is -3.35. The summed E-state index contributed by atoms with van der Waals surface area (Å²) >= 11 is 0. The number of hydrogen-bond donors (Lipinski definition) is 1. The number of carbonyl (C=O) groups excluding carboxylic acids is 2. The van der Waals surface area contributed by atoms with Crippen LogP contribution in [-0.4, -0.2) is 48.1 Å². The Labute approximate surface area is 168 Å². The van der Waals surface area contributed by atoms with Gasteiger partial charge in [-0.25, -0.2) is 4.79 Å². The van der Waals surface area contributed by atoms with Gasteiger partial charge in [-0.2, -0.15) is 0 Å². The van der Waals surface area contributed by atoms with E-state index in [2.05, 4.69) is 0 Å². The molecular formula is C22H23NO6. The summed E-state index contributed by atoms with van der Waals surface area (Å²) < 4.78 is 10.9. The molecule has 29 heavy (non-hydrogen) atoms. The molecule has 0 spiro atoms. The quantitative estimate of drug-likeness (QED) is 0.486. The van der Waals surface area contributed by atoms with Crippen molar-refractivity contribution < 1.29 is 29.0 Å². The molecule has 2 aromatic rings. The second-order valence-corrected chi connectivity index (χ2v) is 6.74. The smallest absolute Gasteiger partial charge is 0.335 e. The molecule has 2 amide bonds. The molecule has 0 radical (unpaired) electrons. The maximum Gasteiger partial charge on any atom is 0.335 e. The number of amides is 2. The van der Waals surface area contributed by atoms with Gasteiger partial charge in [0.05, 0.1) is 30.4 Å². The monoisotopic (exact) mass is 397 g/mol. The van der Waals surface area contributed by atoms with Crippen molar-refractivity contribution >= 4 is 17.8 Å². The molecule has 0 bridgehead atoms. The summed E-state index contributed by atoms with van der Waals surface area (Å²) in [6.07, 6.45) is 3.21. The van der Waals surface area contributed by atoms with E-state index in [1.165, 1.54) is 24.1 Å². The van der Waals surface area contributed by atoms with Crippen molar-refractivity contribution in [1.82, 2.24) is 4.90 Å². The summed E-state index contributed by atoms with van der Waals surface area (Å²) in [5.41, 5.74) is 1.09. The number of aromatic carboxylic acids is 1. The Bertz CT molecular complexity index is 888. The summed E-state index contributed by atoms with van der Waals surface area (Å²) in [6, 6.07) is 11.4. The SMILES string of the molecule is COc1ccc(C(=O)O)cc1OCCCCCCN1C(=O)c2ccccc2C1=O. The number of rotatable bonds is 10. The highest BCUT2D eigenvalue weighted by molar-refractivity contribution is 6.21. The van der Waals surface area contributed by atoms with E-state index in [-0.39, 0.29) is 17.4 Å². The van der Waals surface area contributed by atoms with Crippen molar-refractivity contribution in [2.75, 3.05) is 20.3 Å². The zero-order chi connectivity index (χ0) is 20.8. The Morgan fingerprint density at radius 2 is 1.59 bits per heavy atom. The number of unbranched alkanes of at least 4 members (excludes halogenated alkanes) is 3. The van der Waals surface area contributed by atoms with E-state index in [9.17, 15) is 14.4 Å². The normalized spacial score (nSPS) is 12.8. The standard InChI is InChI=1S/C22H23NO6/c1-28-18-11-10-15(22(26)27)14-19(18)29-13-7-3-2-6-12-23-20(24)16-8-4-5-9-17(16)21(23)25/h4-5,8-11,14H,2-3,6-7,12-13H2,1H3,(H,26,27). The van der Waals surface area contributed by atoms with E-state index in [4.69, 9.17) is 14.6 Å². The van der Waals surface area contributed by atoms with Crippen LogP contribution in [0.25, 0.3) is 0 Å². The van der Waals surface area contributed by atoms with Gasteiger partial charge in [0.2, 0.25) is 0 Å². The number of carboxylic acids is 1. The minimum Gasteiger partial charge on any atom is -0.493 e. The van der Waals surface area contributed by atoms with Crippen LogP contribution in [0, 0.1) is 0 Å². The van der Waals surface area contributed by atoms with Crippen molar-refractivity contribution in [1.29, 1.82) is 0 Å². The van der Waals surface area contributed by atoms with Crippen LogP contribution < -0.4 is 9.47 Å². The van der Waals surface area contributed by atoms with Gasteiger partial charge in [-0.3, -0.25) is 14.5 Å². The van der Waals surface area contributed by atoms with Crippen molar-refractivity contribution in [3.8, 4) is 11.5 Å². The third-order valence-electron chi connectivity index (χ3n) is 4.82. The molecule has 0 saturated heterocycles. The molecule has 1 N–H and O–H groups in total. The summed E-state index contributed by atoms with van der Waals surface area (Å²) in [7, 11) is 1.50. The van der Waals surface area contributed by atoms with E-state index in [1.54, 1.807) is 30.3 Å². The summed E-state index contributed by atoms with van der Waals surface area (Å²) in [6.45, 7) is 0.828. The van der Waals surface area contributed by atoms with Crippen molar-refractivity contribution in [3.05, 3.63) is 59.2 Å². The van der Waals surface area contributed by atoms with Gasteiger partial charge < -0.3 is 14.6 Å². The first-order chi connectivity index (χ1) is 14.0. The summed E-state index contributed by atoms with van der Waals surface area (Å²) in [5.74, 6) is -0.580. The summed E-state index contributed by atoms with van der Waals surface area (Å²) in [5, 5.41) is 9.08. The number of methoxy groups -OCH3 is 1. The van der Waals surface area contributed by atoms with Crippen molar-refractivity contribution in [3.63, 3.8) is 0 Å². The molecule has 152 valence electrons. The highest BCUT2D eigenvalue weighted by Gasteiger charge is 2.34. The summed E-state index contributed by atoms with van der Waals surface area (Å²) in [4.78, 5) is 37.0. The van der Waals surface area contributed by atoms with Gasteiger partial charge in [0.15, 0.2) is 11.5 Å². The van der Waals surface area contributed by atoms with Crippen LogP contribution in [0.2, 0.25) is 0 Å². The fourth-order valence-electron chi connectivity index (χ4n) is 3.27. The molecule has 0 aliphatic carbocycles. The Balaban J connectivity index is 1.39. The van der Waals surface area contributed by atoms with Crippen LogP contribution in [0.4, 0.5) is 0 Å². The lowest BCUT2D eigenvalue weighted by molar-refractivity contribution is 0.0648. The van der Waals surface area contributed by atoms with Gasteiger partial charge in [0, 0.05) is 6.54 Å². The molecular weight excluding hydrogens is 374 g/mol. The lowest BCUT2D eigenvalue weighted by atomic mass is 10.1. The van der Waals surface area contributed by atoms with Gasteiger partial charge in [-0.15, -0.1) is 0 Å². The number of nitrogens with zero attached hydrogens (tertiary/aromatic N) is 1. The van der Waals surface area contributed by atoms with Crippen molar-refractivity contribution in [2.45, 2.75) is 25.7 Å². The number of hydrogen-bond acceptors (Lipinski definition) is 5. The van der Waals surface area contributed by atoms with Gasteiger partial charge in [0.1, 0.15) is 0 Å². The van der Waals surface area contributed by atoms with Crippen LogP contribution >= 0.6 is 0 Å². The predicted molar refractivity (Wildman–Crippen MR) is 106 cm³/mol. The van der Waals surface area contributed by atoms with E-state index in [0.717, 1.165) is 25.7 Å². The number of fused-ring (bicyclic) bond motifs is 1. The Morgan fingerprint density at radius 3 is 2.21 bits per heavy atom. The molecule has 7 heteroatoms. The molecule has 3 rings (SSSR count). The number of benzene rings is 2. The van der Waals surface area contributed by atoms with Gasteiger partial charge in [-0.05, 0) is 43.2 Å². The number of carboxylic acid groups (broad SMARTS) is 1. The maximum atomic E-state index is 12.3. The van der Waals surface area contributed by atoms with E-state index in [0.29, 0.717) is 35.8 Å². The molecule has 1 aliphatic heterocycles.